The summed E-state index contributed by atoms with van der Waals surface area (Å²) in [5.74, 6) is -0.0903. The van der Waals surface area contributed by atoms with E-state index in [0.717, 1.165) is 18.4 Å². The quantitative estimate of drug-likeness (QED) is 0.843. The van der Waals surface area contributed by atoms with E-state index in [1.807, 2.05) is 30.3 Å². The monoisotopic (exact) mass is 368 g/mol. The number of nitrogens with one attached hydrogen (secondary N) is 2. The number of rotatable bonds is 5. The fraction of sp³-hybridized carbons (Fsp3) is 0.350. The number of hydrogen-bond donors (Lipinski definition) is 2. The van der Waals surface area contributed by atoms with Gasteiger partial charge in [-0.2, -0.15) is 0 Å². The maximum atomic E-state index is 12.9. The molecule has 1 aliphatic heterocycles. The maximum Gasteiger partial charge on any atom is 0.320 e. The molecule has 1 aliphatic rings. The van der Waals surface area contributed by atoms with Gasteiger partial charge in [-0.05, 0) is 30.5 Å². The summed E-state index contributed by atoms with van der Waals surface area (Å²) in [4.78, 5) is 39.2. The molecule has 0 bridgehead atoms. The van der Waals surface area contributed by atoms with E-state index in [1.165, 1.54) is 10.6 Å². The number of hydrogen-bond acceptors (Lipinski definition) is 3. The van der Waals surface area contributed by atoms with E-state index in [-0.39, 0.29) is 17.2 Å². The fourth-order valence-electron chi connectivity index (χ4n) is 3.22. The molecular weight excluding hydrogens is 344 g/mol. The lowest BCUT2D eigenvalue weighted by molar-refractivity contribution is -0.132. The van der Waals surface area contributed by atoms with Gasteiger partial charge in [0.1, 0.15) is 11.7 Å². The third-order valence-corrected chi connectivity index (χ3v) is 4.68. The average molecular weight is 368 g/mol. The van der Waals surface area contributed by atoms with Crippen LogP contribution in [0.2, 0.25) is 0 Å². The Morgan fingerprint density at radius 1 is 1.07 bits per heavy atom. The van der Waals surface area contributed by atoms with Crippen LogP contribution in [0.5, 0.6) is 0 Å². The van der Waals surface area contributed by atoms with Crippen LogP contribution in [-0.4, -0.2) is 40.5 Å². The van der Waals surface area contributed by atoms with Crippen molar-refractivity contribution in [3.05, 3.63) is 64.6 Å². The molecule has 2 aromatic rings. The highest BCUT2D eigenvalue weighted by Gasteiger charge is 2.28. The Morgan fingerprint density at radius 2 is 1.78 bits per heavy atom. The van der Waals surface area contributed by atoms with Crippen molar-refractivity contribution in [2.45, 2.75) is 25.3 Å². The first kappa shape index (κ1) is 18.7. The Balaban J connectivity index is 1.73. The summed E-state index contributed by atoms with van der Waals surface area (Å²) >= 11 is 0. The van der Waals surface area contributed by atoms with Crippen molar-refractivity contribution in [2.24, 2.45) is 7.05 Å². The number of amides is 3. The molecule has 2 heterocycles. The number of benzene rings is 1. The van der Waals surface area contributed by atoms with Gasteiger partial charge in [0, 0.05) is 32.8 Å². The molecule has 7 heteroatoms. The number of carbonyl (C=O) groups excluding carboxylic acids is 2. The van der Waals surface area contributed by atoms with Crippen LogP contribution in [0, 0.1) is 0 Å². The highest BCUT2D eigenvalue weighted by atomic mass is 16.2. The second-order valence-electron chi connectivity index (χ2n) is 6.71. The van der Waals surface area contributed by atoms with Crippen molar-refractivity contribution in [3.8, 4) is 0 Å². The van der Waals surface area contributed by atoms with Crippen LogP contribution in [0.25, 0.3) is 0 Å². The van der Waals surface area contributed by atoms with Crippen LogP contribution in [-0.2, 0) is 18.3 Å². The fourth-order valence-corrected chi connectivity index (χ4v) is 3.22. The van der Waals surface area contributed by atoms with Crippen LogP contribution < -0.4 is 16.2 Å². The number of likely N-dealkylation sites (tertiary alicyclic amines) is 1. The molecule has 142 valence electrons. The summed E-state index contributed by atoms with van der Waals surface area (Å²) in [6.07, 6.45) is 3.98. The van der Waals surface area contributed by atoms with Crippen molar-refractivity contribution in [1.29, 1.82) is 0 Å². The number of urea groups is 1. The predicted octanol–water partition coefficient (Wildman–Crippen LogP) is 1.74. The van der Waals surface area contributed by atoms with Crippen molar-refractivity contribution >= 4 is 17.6 Å². The highest BCUT2D eigenvalue weighted by Crippen LogP contribution is 2.12. The lowest BCUT2D eigenvalue weighted by atomic mass is 10.0. The van der Waals surface area contributed by atoms with Crippen LogP contribution in [0.15, 0.2) is 53.5 Å². The molecule has 1 fully saturated rings. The summed E-state index contributed by atoms with van der Waals surface area (Å²) in [5, 5.41) is 5.31. The molecule has 1 aromatic carbocycles. The van der Waals surface area contributed by atoms with E-state index in [4.69, 9.17) is 0 Å². The van der Waals surface area contributed by atoms with Gasteiger partial charge in [-0.1, -0.05) is 30.3 Å². The zero-order valence-corrected chi connectivity index (χ0v) is 15.4. The van der Waals surface area contributed by atoms with Gasteiger partial charge >= 0.3 is 6.03 Å². The molecule has 3 rings (SSSR count). The minimum absolute atomic E-state index is 0.0903. The summed E-state index contributed by atoms with van der Waals surface area (Å²) in [6, 6.07) is 11.5. The van der Waals surface area contributed by atoms with E-state index in [1.54, 1.807) is 24.2 Å². The van der Waals surface area contributed by atoms with Gasteiger partial charge in [0.2, 0.25) is 5.91 Å². The van der Waals surface area contributed by atoms with Crippen LogP contribution in [0.3, 0.4) is 0 Å². The maximum absolute atomic E-state index is 12.9. The Hall–Kier alpha value is -3.09. The zero-order valence-electron chi connectivity index (χ0n) is 15.4. The summed E-state index contributed by atoms with van der Waals surface area (Å²) in [5.41, 5.74) is 0.827. The van der Waals surface area contributed by atoms with Gasteiger partial charge in [0.25, 0.3) is 5.56 Å². The normalized spacial score (nSPS) is 14.6. The summed E-state index contributed by atoms with van der Waals surface area (Å²) in [6.45, 7) is 1.43. The number of anilines is 1. The van der Waals surface area contributed by atoms with Gasteiger partial charge < -0.3 is 20.1 Å². The Bertz CT molecular complexity index is 857. The summed E-state index contributed by atoms with van der Waals surface area (Å²) in [7, 11) is 1.61. The smallest absolute Gasteiger partial charge is 0.320 e. The van der Waals surface area contributed by atoms with Gasteiger partial charge in [-0.15, -0.1) is 0 Å². The van der Waals surface area contributed by atoms with Crippen molar-refractivity contribution in [2.75, 3.05) is 18.4 Å². The number of aromatic nitrogens is 1. The zero-order chi connectivity index (χ0) is 19.2. The molecule has 1 unspecified atom stereocenters. The molecule has 0 saturated carbocycles. The second kappa shape index (κ2) is 8.53. The van der Waals surface area contributed by atoms with Gasteiger partial charge in [-0.3, -0.25) is 9.59 Å². The van der Waals surface area contributed by atoms with Crippen molar-refractivity contribution < 1.29 is 9.59 Å². The molecule has 1 aromatic heterocycles. The third-order valence-electron chi connectivity index (χ3n) is 4.68. The lowest BCUT2D eigenvalue weighted by Gasteiger charge is -2.24. The van der Waals surface area contributed by atoms with Gasteiger partial charge in [0.05, 0.1) is 0 Å². The first-order valence-corrected chi connectivity index (χ1v) is 9.10. The molecule has 7 nitrogen and oxygen atoms in total. The van der Waals surface area contributed by atoms with Gasteiger partial charge in [-0.25, -0.2) is 4.79 Å². The van der Waals surface area contributed by atoms with E-state index in [2.05, 4.69) is 10.6 Å². The topological polar surface area (TPSA) is 83.4 Å². The molecule has 1 atom stereocenters. The highest BCUT2D eigenvalue weighted by molar-refractivity contribution is 5.93. The lowest BCUT2D eigenvalue weighted by Crippen LogP contribution is -2.50. The number of pyridine rings is 1. The average Bonchev–Trinajstić information content (AvgIpc) is 3.20. The molecular formula is C20H24N4O3. The van der Waals surface area contributed by atoms with Crippen LogP contribution >= 0.6 is 0 Å². The molecule has 27 heavy (non-hydrogen) atoms. The van der Waals surface area contributed by atoms with E-state index < -0.39 is 12.1 Å². The number of carbonyl (C=O) groups is 2. The molecule has 2 N–H and O–H groups in total. The molecule has 3 amide bonds. The second-order valence-corrected chi connectivity index (χ2v) is 6.71. The minimum atomic E-state index is -0.682. The van der Waals surface area contributed by atoms with Crippen LogP contribution in [0.4, 0.5) is 10.5 Å². The van der Waals surface area contributed by atoms with E-state index in [9.17, 15) is 14.4 Å². The SMILES string of the molecule is Cn1cccc(NC(=O)NC(Cc2ccccc2)C(=O)N2CCCC2)c1=O. The Kier molecular flexibility index (Phi) is 5.90. The third kappa shape index (κ3) is 4.75. The van der Waals surface area contributed by atoms with Gasteiger partial charge in [0.15, 0.2) is 0 Å². The van der Waals surface area contributed by atoms with E-state index >= 15 is 0 Å². The Morgan fingerprint density at radius 3 is 2.48 bits per heavy atom. The van der Waals surface area contributed by atoms with Crippen LogP contribution in [0.1, 0.15) is 18.4 Å². The number of aryl methyl sites for hydroxylation is 1. The molecule has 0 radical (unpaired) electrons. The molecule has 0 spiro atoms. The number of nitrogens with zero attached hydrogens (tertiary/aromatic N) is 2. The first-order valence-electron chi connectivity index (χ1n) is 9.10. The summed E-state index contributed by atoms with van der Waals surface area (Å²) < 4.78 is 1.38. The molecule has 1 saturated heterocycles. The first-order chi connectivity index (χ1) is 13.0. The minimum Gasteiger partial charge on any atom is -0.341 e. The predicted molar refractivity (Wildman–Crippen MR) is 104 cm³/mol. The standard InChI is InChI=1S/C20H24N4O3/c1-23-11-7-10-16(18(23)25)21-20(27)22-17(14-15-8-3-2-4-9-15)19(26)24-12-5-6-13-24/h2-4,7-11,17H,5-6,12-14H2,1H3,(H2,21,22,27). The largest absolute Gasteiger partial charge is 0.341 e. The van der Waals surface area contributed by atoms with E-state index in [0.29, 0.717) is 19.5 Å². The molecule has 0 aliphatic carbocycles. The Labute approximate surface area is 158 Å². The van der Waals surface area contributed by atoms with Crippen molar-refractivity contribution in [3.63, 3.8) is 0 Å². The van der Waals surface area contributed by atoms with Crippen molar-refractivity contribution in [1.82, 2.24) is 14.8 Å².